The van der Waals surface area contributed by atoms with Crippen LogP contribution in [-0.2, 0) is 4.74 Å². The molecule has 144 valence electrons. The van der Waals surface area contributed by atoms with E-state index in [1.165, 1.54) is 0 Å². The maximum atomic E-state index is 12.6. The molecule has 0 aliphatic heterocycles. The molecule has 0 amide bonds. The Hall–Kier alpha value is -3.60. The van der Waals surface area contributed by atoms with E-state index in [-0.39, 0.29) is 0 Å². The van der Waals surface area contributed by atoms with Gasteiger partial charge in [0, 0.05) is 22.5 Å². The highest BCUT2D eigenvalue weighted by Gasteiger charge is 2.19. The second kappa shape index (κ2) is 7.09. The van der Waals surface area contributed by atoms with Crippen LogP contribution in [0.2, 0.25) is 0 Å². The normalized spacial score (nSPS) is 11.6. The molecule has 0 fully saturated rings. The Balaban J connectivity index is 1.97. The van der Waals surface area contributed by atoms with Crippen molar-refractivity contribution >= 4 is 34.1 Å². The summed E-state index contributed by atoms with van der Waals surface area (Å²) >= 11 is 0. The molecule has 0 atom stereocenters. The van der Waals surface area contributed by atoms with E-state index in [2.05, 4.69) is 9.97 Å². The molecule has 4 aromatic rings. The zero-order valence-electron chi connectivity index (χ0n) is 16.5. The van der Waals surface area contributed by atoms with Gasteiger partial charge in [-0.1, -0.05) is 24.3 Å². The Morgan fingerprint density at radius 1 is 1.00 bits per heavy atom. The van der Waals surface area contributed by atoms with Gasteiger partial charge in [0.1, 0.15) is 11.3 Å². The monoisotopic (exact) mass is 384 g/mol. The van der Waals surface area contributed by atoms with Gasteiger partial charge in [-0.2, -0.15) is 0 Å². The third-order valence-corrected chi connectivity index (χ3v) is 4.51. The van der Waals surface area contributed by atoms with Crippen LogP contribution in [0.1, 0.15) is 41.6 Å². The minimum absolute atomic E-state index is 0.324. The van der Waals surface area contributed by atoms with Crippen LogP contribution in [0.3, 0.4) is 0 Å². The van der Waals surface area contributed by atoms with Crippen molar-refractivity contribution in [3.63, 3.8) is 0 Å². The minimum Gasteiger partial charge on any atom is -0.456 e. The average molecular weight is 384 g/mol. The Morgan fingerprint density at radius 2 is 1.79 bits per heavy atom. The number of hydrogen-bond donors (Lipinski definition) is 0. The smallest absolute Gasteiger partial charge is 0.338 e. The lowest BCUT2D eigenvalue weighted by Gasteiger charge is -2.19. The molecule has 2 aromatic heterocycles. The summed E-state index contributed by atoms with van der Waals surface area (Å²) in [6, 6.07) is 16.7. The first-order valence-corrected chi connectivity index (χ1v) is 9.33. The molecule has 2 heterocycles. The summed E-state index contributed by atoms with van der Waals surface area (Å²) in [6.45, 7) is 5.49. The summed E-state index contributed by atoms with van der Waals surface area (Å²) in [7, 11) is 0. The van der Waals surface area contributed by atoms with E-state index < -0.39 is 11.6 Å². The van der Waals surface area contributed by atoms with Crippen LogP contribution >= 0.6 is 0 Å². The van der Waals surface area contributed by atoms with Gasteiger partial charge in [-0.05, 0) is 56.7 Å². The van der Waals surface area contributed by atoms with E-state index in [1.54, 1.807) is 30.5 Å². The number of nitrogens with zero attached hydrogens (tertiary/aromatic N) is 2. The van der Waals surface area contributed by atoms with Gasteiger partial charge in [0.2, 0.25) is 0 Å². The second-order valence-corrected chi connectivity index (χ2v) is 7.83. The van der Waals surface area contributed by atoms with E-state index in [4.69, 9.17) is 4.74 Å². The fraction of sp³-hybridized carbons (Fsp3) is 0.167. The first kappa shape index (κ1) is 18.7. The van der Waals surface area contributed by atoms with Crippen LogP contribution in [0, 0.1) is 0 Å². The van der Waals surface area contributed by atoms with Crippen LogP contribution in [0.5, 0.6) is 0 Å². The largest absolute Gasteiger partial charge is 0.456 e. The Morgan fingerprint density at radius 3 is 2.55 bits per heavy atom. The number of rotatable bonds is 3. The van der Waals surface area contributed by atoms with Crippen molar-refractivity contribution < 1.29 is 14.3 Å². The molecule has 0 saturated carbocycles. The van der Waals surface area contributed by atoms with E-state index in [9.17, 15) is 9.59 Å². The lowest BCUT2D eigenvalue weighted by atomic mass is 9.96. The summed E-state index contributed by atoms with van der Waals surface area (Å²) in [5.74, 6) is -0.402. The molecular formula is C24H20N2O3. The van der Waals surface area contributed by atoms with Crippen LogP contribution in [0.15, 0.2) is 60.8 Å². The van der Waals surface area contributed by atoms with Gasteiger partial charge in [0.05, 0.1) is 16.6 Å². The number of pyridine rings is 2. The number of para-hydroxylation sites is 1. The van der Waals surface area contributed by atoms with Crippen LogP contribution < -0.4 is 0 Å². The molecule has 5 heteroatoms. The summed E-state index contributed by atoms with van der Waals surface area (Å²) in [4.78, 5) is 33.0. The minimum atomic E-state index is -0.589. The second-order valence-electron chi connectivity index (χ2n) is 7.83. The molecule has 0 saturated heterocycles. The Bertz CT molecular complexity index is 1250. The number of ether oxygens (including phenoxy) is 1. The molecule has 0 aliphatic carbocycles. The number of hydrogen-bond acceptors (Lipinski definition) is 5. The Kier molecular flexibility index (Phi) is 4.59. The third kappa shape index (κ3) is 3.72. The predicted molar refractivity (Wildman–Crippen MR) is 113 cm³/mol. The average Bonchev–Trinajstić information content (AvgIpc) is 2.71. The SMILES string of the molecule is CC(C)(C)OC(=O)c1ccc2nc(C=O)cc(-c3cccc4cccnc34)c2c1. The molecule has 0 radical (unpaired) electrons. The van der Waals surface area contributed by atoms with Crippen molar-refractivity contribution in [2.75, 3.05) is 0 Å². The quantitative estimate of drug-likeness (QED) is 0.358. The van der Waals surface area contributed by atoms with E-state index in [1.807, 2.05) is 51.1 Å². The summed E-state index contributed by atoms with van der Waals surface area (Å²) in [6.07, 6.45) is 2.46. The van der Waals surface area contributed by atoms with Crippen molar-refractivity contribution in [3.8, 4) is 11.1 Å². The van der Waals surface area contributed by atoms with Gasteiger partial charge < -0.3 is 4.74 Å². The topological polar surface area (TPSA) is 69.2 Å². The lowest BCUT2D eigenvalue weighted by Crippen LogP contribution is -2.23. The third-order valence-electron chi connectivity index (χ3n) is 4.51. The molecule has 5 nitrogen and oxygen atoms in total. The number of aldehydes is 1. The van der Waals surface area contributed by atoms with Gasteiger partial charge in [0.25, 0.3) is 0 Å². The highest BCUT2D eigenvalue weighted by molar-refractivity contribution is 6.06. The van der Waals surface area contributed by atoms with Crippen LogP contribution in [0.4, 0.5) is 0 Å². The number of benzene rings is 2. The van der Waals surface area contributed by atoms with Gasteiger partial charge in [-0.3, -0.25) is 9.78 Å². The van der Waals surface area contributed by atoms with Gasteiger partial charge >= 0.3 is 5.97 Å². The number of carbonyl (C=O) groups excluding carboxylic acids is 2. The van der Waals surface area contributed by atoms with Crippen molar-refractivity contribution in [1.82, 2.24) is 9.97 Å². The highest BCUT2D eigenvalue weighted by atomic mass is 16.6. The van der Waals surface area contributed by atoms with Gasteiger partial charge in [0.15, 0.2) is 6.29 Å². The standard InChI is InChI=1S/C24H20N2O3/c1-24(2,3)29-23(28)16-9-10-21-20(12-16)19(13-17(14-27)26-21)18-8-4-6-15-7-5-11-25-22(15)18/h4-14H,1-3H3. The predicted octanol–water partition coefficient (Wildman–Crippen LogP) is 5.22. The van der Waals surface area contributed by atoms with Gasteiger partial charge in [-0.25, -0.2) is 9.78 Å². The van der Waals surface area contributed by atoms with Crippen molar-refractivity contribution in [1.29, 1.82) is 0 Å². The molecule has 4 rings (SSSR count). The molecule has 0 N–H and O–H groups in total. The molecule has 0 bridgehead atoms. The van der Waals surface area contributed by atoms with Crippen LogP contribution in [-0.4, -0.2) is 27.8 Å². The molecule has 29 heavy (non-hydrogen) atoms. The molecule has 0 aliphatic rings. The summed E-state index contributed by atoms with van der Waals surface area (Å²) < 4.78 is 5.51. The van der Waals surface area contributed by atoms with Crippen molar-refractivity contribution in [3.05, 3.63) is 72.1 Å². The van der Waals surface area contributed by atoms with E-state index in [0.29, 0.717) is 16.8 Å². The van der Waals surface area contributed by atoms with E-state index in [0.717, 1.165) is 33.7 Å². The molecule has 0 unspecified atom stereocenters. The van der Waals surface area contributed by atoms with E-state index >= 15 is 0 Å². The van der Waals surface area contributed by atoms with Crippen LogP contribution in [0.25, 0.3) is 32.9 Å². The number of fused-ring (bicyclic) bond motifs is 2. The Labute approximate surface area is 168 Å². The maximum absolute atomic E-state index is 12.6. The van der Waals surface area contributed by atoms with Crippen molar-refractivity contribution in [2.24, 2.45) is 0 Å². The molecular weight excluding hydrogens is 364 g/mol. The zero-order valence-corrected chi connectivity index (χ0v) is 16.5. The first-order valence-electron chi connectivity index (χ1n) is 9.33. The first-order chi connectivity index (χ1) is 13.9. The summed E-state index contributed by atoms with van der Waals surface area (Å²) in [5, 5.41) is 1.75. The molecule has 2 aromatic carbocycles. The molecule has 0 spiro atoms. The summed E-state index contributed by atoms with van der Waals surface area (Å²) in [5.41, 5.74) is 3.29. The number of carbonyl (C=O) groups is 2. The maximum Gasteiger partial charge on any atom is 0.338 e. The lowest BCUT2D eigenvalue weighted by molar-refractivity contribution is 0.00696. The van der Waals surface area contributed by atoms with Gasteiger partial charge in [-0.15, -0.1) is 0 Å². The number of esters is 1. The number of aromatic nitrogens is 2. The van der Waals surface area contributed by atoms with Crippen molar-refractivity contribution in [2.45, 2.75) is 26.4 Å². The highest BCUT2D eigenvalue weighted by Crippen LogP contribution is 2.33. The fourth-order valence-electron chi connectivity index (χ4n) is 3.32. The zero-order chi connectivity index (χ0) is 20.6. The fourth-order valence-corrected chi connectivity index (χ4v) is 3.32.